The Balaban J connectivity index is 4.07. The van der Waals surface area contributed by atoms with Gasteiger partial charge in [0.15, 0.2) is 6.29 Å². The predicted octanol–water partition coefficient (Wildman–Crippen LogP) is -3.38. The standard InChI is InChI=1S/C6H12O6/c7-1-3(9)5(11)6(12)4(10)2-8/h1,3-6,8-12H,2H2/t3-,4+,5+,6+/m0/s1/i2+1. The maximum Gasteiger partial charge on any atom is 0.151 e. The molecule has 6 nitrogen and oxygen atoms in total. The van der Waals surface area contributed by atoms with Crippen molar-refractivity contribution < 1.29 is 30.3 Å². The number of carbonyl (C=O) groups is 1. The Morgan fingerprint density at radius 1 is 1.08 bits per heavy atom. The predicted molar refractivity (Wildman–Crippen MR) is 37.2 cm³/mol. The second kappa shape index (κ2) is 5.18. The van der Waals surface area contributed by atoms with E-state index in [1.807, 2.05) is 0 Å². The number of hydrogen-bond acceptors (Lipinski definition) is 6. The van der Waals surface area contributed by atoms with E-state index in [2.05, 4.69) is 0 Å². The molecule has 0 amide bonds. The molecule has 0 bridgehead atoms. The molecule has 0 rings (SSSR count). The van der Waals surface area contributed by atoms with Crippen LogP contribution in [0.25, 0.3) is 0 Å². The highest BCUT2D eigenvalue weighted by molar-refractivity contribution is 5.56. The molecule has 0 aliphatic rings. The summed E-state index contributed by atoms with van der Waals surface area (Å²) in [5.41, 5.74) is 0. The lowest BCUT2D eigenvalue weighted by molar-refractivity contribution is -0.136. The molecule has 0 heterocycles. The van der Waals surface area contributed by atoms with Crippen molar-refractivity contribution in [1.29, 1.82) is 0 Å². The van der Waals surface area contributed by atoms with Crippen LogP contribution in [0.1, 0.15) is 0 Å². The number of aliphatic hydroxyl groups excluding tert-OH is 5. The average molecular weight is 181 g/mol. The quantitative estimate of drug-likeness (QED) is 0.223. The largest absolute Gasteiger partial charge is 0.394 e. The fourth-order valence-electron chi connectivity index (χ4n) is 0.618. The fourth-order valence-corrected chi connectivity index (χ4v) is 0.618. The Morgan fingerprint density at radius 2 is 1.58 bits per heavy atom. The van der Waals surface area contributed by atoms with Crippen LogP contribution in [0.15, 0.2) is 0 Å². The molecule has 5 N–H and O–H groups in total. The van der Waals surface area contributed by atoms with Gasteiger partial charge in [0.05, 0.1) is 6.61 Å². The van der Waals surface area contributed by atoms with Crippen molar-refractivity contribution in [2.45, 2.75) is 24.4 Å². The number of aliphatic hydroxyl groups is 5. The second-order valence-electron chi connectivity index (χ2n) is 2.36. The summed E-state index contributed by atoms with van der Waals surface area (Å²) in [6.45, 7) is -0.760. The summed E-state index contributed by atoms with van der Waals surface area (Å²) < 4.78 is 0. The minimum absolute atomic E-state index is 0.0258. The third-order valence-corrected chi connectivity index (χ3v) is 1.42. The second-order valence-corrected chi connectivity index (χ2v) is 2.36. The van der Waals surface area contributed by atoms with Crippen LogP contribution in [-0.2, 0) is 4.79 Å². The van der Waals surface area contributed by atoms with E-state index in [0.29, 0.717) is 0 Å². The Hall–Kier alpha value is -0.530. The molecule has 0 unspecified atom stereocenters. The molecular formula is C6H12O6. The molecule has 0 saturated carbocycles. The van der Waals surface area contributed by atoms with Crippen LogP contribution in [0.5, 0.6) is 0 Å². The zero-order valence-corrected chi connectivity index (χ0v) is 6.24. The van der Waals surface area contributed by atoms with E-state index in [1.54, 1.807) is 0 Å². The van der Waals surface area contributed by atoms with Gasteiger partial charge < -0.3 is 30.3 Å². The molecule has 0 aliphatic carbocycles. The number of hydrogen-bond donors (Lipinski definition) is 5. The summed E-state index contributed by atoms with van der Waals surface area (Å²) in [4.78, 5) is 9.90. The summed E-state index contributed by atoms with van der Waals surface area (Å²) in [6, 6.07) is 0. The molecule has 0 spiro atoms. The number of carbonyl (C=O) groups excluding carboxylic acids is 1. The summed E-state index contributed by atoms with van der Waals surface area (Å²) in [5.74, 6) is 0. The first-order valence-electron chi connectivity index (χ1n) is 3.33. The number of aldehydes is 1. The van der Waals surface area contributed by atoms with Crippen molar-refractivity contribution in [2.75, 3.05) is 6.61 Å². The fraction of sp³-hybridized carbons (Fsp3) is 0.833. The normalized spacial score (nSPS) is 21.1. The Bertz CT molecular complexity index is 138. The minimum atomic E-state index is -1.79. The Morgan fingerprint density at radius 3 is 1.92 bits per heavy atom. The molecule has 0 saturated heterocycles. The van der Waals surface area contributed by atoms with E-state index in [0.717, 1.165) is 0 Å². The minimum Gasteiger partial charge on any atom is -0.394 e. The van der Waals surface area contributed by atoms with E-state index in [4.69, 9.17) is 25.5 Å². The molecule has 0 aromatic carbocycles. The Kier molecular flexibility index (Phi) is 4.95. The number of rotatable bonds is 5. The van der Waals surface area contributed by atoms with Gasteiger partial charge in [0.25, 0.3) is 0 Å². The van der Waals surface area contributed by atoms with Gasteiger partial charge in [-0.25, -0.2) is 0 Å². The molecule has 4 atom stereocenters. The highest BCUT2D eigenvalue weighted by atomic mass is 16.4. The van der Waals surface area contributed by atoms with E-state index < -0.39 is 31.0 Å². The molecule has 0 aromatic heterocycles. The van der Waals surface area contributed by atoms with Crippen molar-refractivity contribution in [3.63, 3.8) is 0 Å². The van der Waals surface area contributed by atoms with Crippen molar-refractivity contribution >= 4 is 6.29 Å². The highest BCUT2D eigenvalue weighted by Crippen LogP contribution is 2.02. The van der Waals surface area contributed by atoms with E-state index in [9.17, 15) is 4.79 Å². The summed E-state index contributed by atoms with van der Waals surface area (Å²) in [5, 5.41) is 43.5. The molecule has 0 aliphatic heterocycles. The lowest BCUT2D eigenvalue weighted by atomic mass is 10.1. The maximum atomic E-state index is 9.90. The van der Waals surface area contributed by atoms with Crippen molar-refractivity contribution in [3.8, 4) is 0 Å². The van der Waals surface area contributed by atoms with Crippen molar-refractivity contribution in [3.05, 3.63) is 0 Å². The van der Waals surface area contributed by atoms with Gasteiger partial charge in [0.2, 0.25) is 0 Å². The molecular weight excluding hydrogens is 169 g/mol. The van der Waals surface area contributed by atoms with Gasteiger partial charge in [-0.15, -0.1) is 0 Å². The van der Waals surface area contributed by atoms with Gasteiger partial charge in [-0.05, 0) is 0 Å². The topological polar surface area (TPSA) is 118 Å². The summed E-state index contributed by atoms with van der Waals surface area (Å²) in [6.07, 6.45) is -6.84. The first-order valence-corrected chi connectivity index (χ1v) is 3.33. The van der Waals surface area contributed by atoms with Gasteiger partial charge in [-0.3, -0.25) is 0 Å². The lowest BCUT2D eigenvalue weighted by Gasteiger charge is -2.22. The van der Waals surface area contributed by atoms with Gasteiger partial charge in [0.1, 0.15) is 24.4 Å². The SMILES string of the molecule is O=C[C@H](O)[C@@H](O)[C@H](O)[C@H](O)[13CH2]O. The first-order chi connectivity index (χ1) is 5.54. The van der Waals surface area contributed by atoms with Crippen LogP contribution < -0.4 is 0 Å². The molecule has 12 heavy (non-hydrogen) atoms. The van der Waals surface area contributed by atoms with Crippen LogP contribution in [0.2, 0.25) is 0 Å². The van der Waals surface area contributed by atoms with E-state index in [-0.39, 0.29) is 6.29 Å². The highest BCUT2D eigenvalue weighted by Gasteiger charge is 2.29. The van der Waals surface area contributed by atoms with E-state index in [1.165, 1.54) is 0 Å². The Labute approximate surface area is 68.7 Å². The summed E-state index contributed by atoms with van der Waals surface area (Å²) in [7, 11) is 0. The smallest absolute Gasteiger partial charge is 0.151 e. The lowest BCUT2D eigenvalue weighted by Crippen LogP contribution is -2.46. The van der Waals surface area contributed by atoms with E-state index >= 15 is 0 Å². The maximum absolute atomic E-state index is 9.90. The molecule has 0 aromatic rings. The van der Waals surface area contributed by atoms with Crippen LogP contribution >= 0.6 is 0 Å². The molecule has 0 radical (unpaired) electrons. The van der Waals surface area contributed by atoms with Gasteiger partial charge in [-0.1, -0.05) is 0 Å². The van der Waals surface area contributed by atoms with Gasteiger partial charge in [-0.2, -0.15) is 0 Å². The van der Waals surface area contributed by atoms with Crippen LogP contribution in [-0.4, -0.2) is 62.8 Å². The summed E-state index contributed by atoms with van der Waals surface area (Å²) >= 11 is 0. The zero-order chi connectivity index (χ0) is 9.72. The zero-order valence-electron chi connectivity index (χ0n) is 6.24. The molecule has 6 heteroatoms. The van der Waals surface area contributed by atoms with Crippen molar-refractivity contribution in [2.24, 2.45) is 0 Å². The molecule has 0 fully saturated rings. The monoisotopic (exact) mass is 181 g/mol. The van der Waals surface area contributed by atoms with Crippen LogP contribution in [0, 0.1) is 0 Å². The first kappa shape index (κ1) is 11.5. The van der Waals surface area contributed by atoms with Crippen LogP contribution in [0.4, 0.5) is 0 Å². The third-order valence-electron chi connectivity index (χ3n) is 1.42. The molecule has 72 valence electrons. The van der Waals surface area contributed by atoms with Crippen molar-refractivity contribution in [1.82, 2.24) is 0 Å². The average Bonchev–Trinajstić information content (AvgIpc) is 2.12. The third kappa shape index (κ3) is 2.84. The van der Waals surface area contributed by atoms with Crippen LogP contribution in [0.3, 0.4) is 0 Å². The van der Waals surface area contributed by atoms with Gasteiger partial charge in [0, 0.05) is 0 Å². The van der Waals surface area contributed by atoms with Gasteiger partial charge >= 0.3 is 0 Å².